The van der Waals surface area contributed by atoms with Crippen LogP contribution in [0.25, 0.3) is 16.6 Å². The Morgan fingerprint density at radius 2 is 1.74 bits per heavy atom. The molecule has 0 unspecified atom stereocenters. The first-order chi connectivity index (χ1) is 9.08. The van der Waals surface area contributed by atoms with Crippen LogP contribution in [-0.2, 0) is 0 Å². The van der Waals surface area contributed by atoms with Crippen molar-refractivity contribution in [2.45, 2.75) is 6.92 Å². The van der Waals surface area contributed by atoms with E-state index < -0.39 is 17.4 Å². The monoisotopic (exact) mass is 259 g/mol. The summed E-state index contributed by atoms with van der Waals surface area (Å²) in [6.45, 7) is 1.98. The summed E-state index contributed by atoms with van der Waals surface area (Å²) in [5.41, 5.74) is 2.30. The van der Waals surface area contributed by atoms with E-state index >= 15 is 0 Å². The lowest BCUT2D eigenvalue weighted by atomic mass is 10.1. The number of phenolic OH excluding ortho intramolecular Hbond substituents is 1. The number of aryl methyl sites for hydroxylation is 1. The predicted molar refractivity (Wildman–Crippen MR) is 69.6 cm³/mol. The lowest BCUT2D eigenvalue weighted by molar-refractivity contribution is 0.396. The number of hydrogen-bond acceptors (Lipinski definition) is 1. The molecule has 0 fully saturated rings. The zero-order chi connectivity index (χ0) is 13.6. The molecule has 3 rings (SSSR count). The van der Waals surface area contributed by atoms with E-state index in [1.54, 1.807) is 10.8 Å². The van der Waals surface area contributed by atoms with E-state index in [1.165, 1.54) is 0 Å². The molecule has 0 atom stereocenters. The van der Waals surface area contributed by atoms with Crippen molar-refractivity contribution in [2.75, 3.05) is 0 Å². The Bertz CT molecular complexity index is 754. The van der Waals surface area contributed by atoms with Crippen LogP contribution in [0.2, 0.25) is 0 Å². The molecule has 0 aliphatic heterocycles. The third-order valence-corrected chi connectivity index (χ3v) is 3.23. The van der Waals surface area contributed by atoms with Gasteiger partial charge in [0.05, 0.1) is 11.2 Å². The Hall–Kier alpha value is -2.36. The van der Waals surface area contributed by atoms with Crippen LogP contribution in [0.4, 0.5) is 8.78 Å². The number of benzene rings is 2. The molecule has 3 aromatic rings. The van der Waals surface area contributed by atoms with Gasteiger partial charge in [-0.15, -0.1) is 0 Å². The van der Waals surface area contributed by atoms with Gasteiger partial charge in [0.15, 0.2) is 17.4 Å². The minimum atomic E-state index is -0.968. The van der Waals surface area contributed by atoms with Crippen molar-refractivity contribution in [3.8, 4) is 11.4 Å². The third kappa shape index (κ3) is 1.76. The second-order valence-electron chi connectivity index (χ2n) is 4.45. The van der Waals surface area contributed by atoms with Crippen molar-refractivity contribution in [3.63, 3.8) is 0 Å². The molecule has 0 aliphatic rings. The molecule has 1 N–H and O–H groups in total. The normalized spacial score (nSPS) is 11.1. The van der Waals surface area contributed by atoms with Crippen LogP contribution in [0.5, 0.6) is 5.75 Å². The lowest BCUT2D eigenvalue weighted by Gasteiger charge is -2.07. The number of fused-ring (bicyclic) bond motifs is 1. The highest BCUT2D eigenvalue weighted by Gasteiger charge is 2.12. The quantitative estimate of drug-likeness (QED) is 0.704. The summed E-state index contributed by atoms with van der Waals surface area (Å²) in [7, 11) is 0. The van der Waals surface area contributed by atoms with E-state index in [9.17, 15) is 8.78 Å². The molecule has 19 heavy (non-hydrogen) atoms. The van der Waals surface area contributed by atoms with Gasteiger partial charge in [-0.2, -0.15) is 0 Å². The maximum atomic E-state index is 13.4. The fourth-order valence-electron chi connectivity index (χ4n) is 2.24. The summed E-state index contributed by atoms with van der Waals surface area (Å²) in [5.74, 6) is -2.88. The van der Waals surface area contributed by atoms with Crippen LogP contribution in [0.15, 0.2) is 42.6 Å². The number of nitrogens with zero attached hydrogens (tertiary/aromatic N) is 1. The van der Waals surface area contributed by atoms with Crippen molar-refractivity contribution < 1.29 is 13.9 Å². The van der Waals surface area contributed by atoms with Crippen molar-refractivity contribution >= 4 is 10.9 Å². The van der Waals surface area contributed by atoms with Gasteiger partial charge in [-0.1, -0.05) is 12.1 Å². The molecule has 0 bridgehead atoms. The number of aromatic nitrogens is 1. The Labute approximate surface area is 108 Å². The van der Waals surface area contributed by atoms with Crippen LogP contribution >= 0.6 is 0 Å². The Morgan fingerprint density at radius 1 is 1.05 bits per heavy atom. The van der Waals surface area contributed by atoms with E-state index in [-0.39, 0.29) is 0 Å². The Morgan fingerprint density at radius 3 is 2.42 bits per heavy atom. The summed E-state index contributed by atoms with van der Waals surface area (Å²) in [6, 6.07) is 9.87. The van der Waals surface area contributed by atoms with Gasteiger partial charge in [0.25, 0.3) is 0 Å². The number of rotatable bonds is 1. The Kier molecular flexibility index (Phi) is 2.52. The lowest BCUT2D eigenvalue weighted by Crippen LogP contribution is -1.95. The summed E-state index contributed by atoms with van der Waals surface area (Å²) >= 11 is 0. The number of hydrogen-bond donors (Lipinski definition) is 1. The molecule has 2 nitrogen and oxygen atoms in total. The van der Waals surface area contributed by atoms with Crippen LogP contribution in [-0.4, -0.2) is 9.67 Å². The van der Waals surface area contributed by atoms with Crippen molar-refractivity contribution in [2.24, 2.45) is 0 Å². The maximum absolute atomic E-state index is 13.4. The zero-order valence-electron chi connectivity index (χ0n) is 10.2. The molecular weight excluding hydrogens is 248 g/mol. The van der Waals surface area contributed by atoms with Gasteiger partial charge in [0, 0.05) is 23.7 Å². The van der Waals surface area contributed by atoms with E-state index in [0.29, 0.717) is 5.69 Å². The second kappa shape index (κ2) is 4.09. The fourth-order valence-corrected chi connectivity index (χ4v) is 2.24. The highest BCUT2D eigenvalue weighted by atomic mass is 19.1. The average molecular weight is 259 g/mol. The molecule has 0 saturated heterocycles. The van der Waals surface area contributed by atoms with E-state index in [0.717, 1.165) is 28.6 Å². The second-order valence-corrected chi connectivity index (χ2v) is 4.45. The fraction of sp³-hybridized carbons (Fsp3) is 0.0667. The predicted octanol–water partition coefficient (Wildman–Crippen LogP) is 3.92. The first-order valence-corrected chi connectivity index (χ1v) is 5.83. The molecule has 4 heteroatoms. The largest absolute Gasteiger partial charge is 0.503 e. The smallest absolute Gasteiger partial charge is 0.187 e. The number of phenols is 1. The van der Waals surface area contributed by atoms with Crippen molar-refractivity contribution in [3.05, 3.63) is 59.8 Å². The molecule has 2 aromatic carbocycles. The minimum absolute atomic E-state index is 0.341. The highest BCUT2D eigenvalue weighted by molar-refractivity contribution is 5.85. The molecule has 1 heterocycles. The number of aromatic hydroxyl groups is 1. The highest BCUT2D eigenvalue weighted by Crippen LogP contribution is 2.27. The standard InChI is InChI=1S/C15H11F2NO/c1-9-3-2-4-14-11(9)5-6-18(14)10-7-12(16)15(19)13(17)8-10/h2-8,19H,1H3. The van der Waals surface area contributed by atoms with E-state index in [1.807, 2.05) is 31.2 Å². The summed E-state index contributed by atoms with van der Waals surface area (Å²) in [4.78, 5) is 0. The molecule has 1 aromatic heterocycles. The van der Waals surface area contributed by atoms with E-state index in [2.05, 4.69) is 0 Å². The van der Waals surface area contributed by atoms with Crippen LogP contribution in [0.1, 0.15) is 5.56 Å². The topological polar surface area (TPSA) is 25.2 Å². The van der Waals surface area contributed by atoms with Gasteiger partial charge in [-0.05, 0) is 24.6 Å². The SMILES string of the molecule is Cc1cccc2c1ccn2-c1cc(F)c(O)c(F)c1. The molecule has 0 radical (unpaired) electrons. The van der Waals surface area contributed by atoms with Gasteiger partial charge in [0.1, 0.15) is 0 Å². The van der Waals surface area contributed by atoms with Gasteiger partial charge in [-0.3, -0.25) is 0 Å². The summed E-state index contributed by atoms with van der Waals surface area (Å²) < 4.78 is 28.5. The Balaban J connectivity index is 2.28. The summed E-state index contributed by atoms with van der Waals surface area (Å²) in [6.07, 6.45) is 1.75. The van der Waals surface area contributed by atoms with Crippen LogP contribution in [0.3, 0.4) is 0 Å². The van der Waals surface area contributed by atoms with Gasteiger partial charge in [0.2, 0.25) is 0 Å². The minimum Gasteiger partial charge on any atom is -0.503 e. The molecule has 0 spiro atoms. The van der Waals surface area contributed by atoms with Crippen molar-refractivity contribution in [1.29, 1.82) is 0 Å². The van der Waals surface area contributed by atoms with Crippen LogP contribution < -0.4 is 0 Å². The first-order valence-electron chi connectivity index (χ1n) is 5.83. The maximum Gasteiger partial charge on any atom is 0.187 e. The van der Waals surface area contributed by atoms with Gasteiger partial charge >= 0.3 is 0 Å². The molecule has 0 aliphatic carbocycles. The van der Waals surface area contributed by atoms with Crippen LogP contribution in [0, 0.1) is 18.6 Å². The molecule has 96 valence electrons. The summed E-state index contributed by atoms with van der Waals surface area (Å²) in [5, 5.41) is 10.2. The van der Waals surface area contributed by atoms with Gasteiger partial charge < -0.3 is 9.67 Å². The first kappa shape index (κ1) is 11.7. The van der Waals surface area contributed by atoms with E-state index in [4.69, 9.17) is 5.11 Å². The molecule has 0 saturated carbocycles. The van der Waals surface area contributed by atoms with Gasteiger partial charge in [-0.25, -0.2) is 8.78 Å². The average Bonchev–Trinajstić information content (AvgIpc) is 2.80. The molecule has 0 amide bonds. The third-order valence-electron chi connectivity index (χ3n) is 3.23. The zero-order valence-corrected chi connectivity index (χ0v) is 10.2. The number of halogens is 2. The molecular formula is C15H11F2NO. The van der Waals surface area contributed by atoms with Crippen molar-refractivity contribution in [1.82, 2.24) is 4.57 Å².